The van der Waals surface area contributed by atoms with Crippen LogP contribution in [0.1, 0.15) is 38.9 Å². The van der Waals surface area contributed by atoms with Crippen LogP contribution in [-0.2, 0) is 0 Å². The summed E-state index contributed by atoms with van der Waals surface area (Å²) >= 11 is 6.42. The highest BCUT2D eigenvalue weighted by Crippen LogP contribution is 2.45. The number of benzene rings is 1. The zero-order valence-electron chi connectivity index (χ0n) is 14.3. The second-order valence-corrected chi connectivity index (χ2v) is 7.11. The number of nitrogens with zero attached hydrogens (tertiary/aromatic N) is 1. The van der Waals surface area contributed by atoms with E-state index in [1.165, 1.54) is 0 Å². The van der Waals surface area contributed by atoms with E-state index in [2.05, 4.69) is 18.8 Å². The molecule has 0 radical (unpaired) electrons. The first-order valence-electron chi connectivity index (χ1n) is 8.28. The Labute approximate surface area is 147 Å². The topological polar surface area (TPSA) is 57.4 Å². The first kappa shape index (κ1) is 17.1. The molecular formula is C19H23ClN2O2. The van der Waals surface area contributed by atoms with Crippen molar-refractivity contribution < 1.29 is 9.47 Å². The van der Waals surface area contributed by atoms with Gasteiger partial charge in [0.05, 0.1) is 5.02 Å². The lowest BCUT2D eigenvalue weighted by atomic mass is 9.95. The maximum Gasteiger partial charge on any atom is 0.141 e. The van der Waals surface area contributed by atoms with Crippen molar-refractivity contribution in [3.05, 3.63) is 41.2 Å². The predicted octanol–water partition coefficient (Wildman–Crippen LogP) is 4.61. The second-order valence-electron chi connectivity index (χ2n) is 6.70. The average molecular weight is 347 g/mol. The molecule has 2 heterocycles. The summed E-state index contributed by atoms with van der Waals surface area (Å²) in [5.74, 6) is 1.93. The number of nitrogens with two attached hydrogens (primary N) is 1. The van der Waals surface area contributed by atoms with Crippen molar-refractivity contribution in [3.8, 4) is 22.6 Å². The second kappa shape index (κ2) is 6.99. The number of ether oxygens (including phenoxy) is 2. The molecule has 2 unspecified atom stereocenters. The van der Waals surface area contributed by atoms with Gasteiger partial charge < -0.3 is 15.2 Å². The third-order valence-corrected chi connectivity index (χ3v) is 4.44. The molecule has 0 spiro atoms. The Kier molecular flexibility index (Phi) is 4.97. The highest BCUT2D eigenvalue weighted by molar-refractivity contribution is 6.32. The number of fused-ring (bicyclic) bond motifs is 3. The minimum Gasteiger partial charge on any atom is -0.490 e. The summed E-state index contributed by atoms with van der Waals surface area (Å²) in [6, 6.07) is 5.73. The zero-order chi connectivity index (χ0) is 17.3. The Bertz CT molecular complexity index is 733. The van der Waals surface area contributed by atoms with Crippen molar-refractivity contribution in [3.63, 3.8) is 0 Å². The molecule has 0 saturated heterocycles. The summed E-state index contributed by atoms with van der Waals surface area (Å²) in [6.07, 6.45) is 4.48. The van der Waals surface area contributed by atoms with Crippen LogP contribution in [0.15, 0.2) is 30.6 Å². The van der Waals surface area contributed by atoms with E-state index in [9.17, 15) is 0 Å². The predicted molar refractivity (Wildman–Crippen MR) is 96.7 cm³/mol. The summed E-state index contributed by atoms with van der Waals surface area (Å²) in [5.41, 5.74) is 9.22. The first-order chi connectivity index (χ1) is 11.5. The molecule has 128 valence electrons. The molecule has 0 bridgehead atoms. The standard InChI is InChI=1S/C19H23ClN2O2/c1-11(2)6-13(21)10-23-19-8-18-15(7-17(19)20)14-4-5-22-9-16(14)12(3)24-18/h4-5,7-9,11-13H,6,10,21H2,1-3H3. The van der Waals surface area contributed by atoms with E-state index in [0.29, 0.717) is 23.3 Å². The third kappa shape index (κ3) is 3.50. The van der Waals surface area contributed by atoms with E-state index in [4.69, 9.17) is 26.8 Å². The fourth-order valence-electron chi connectivity index (χ4n) is 3.05. The van der Waals surface area contributed by atoms with Gasteiger partial charge in [0.1, 0.15) is 24.2 Å². The van der Waals surface area contributed by atoms with Crippen LogP contribution in [0.25, 0.3) is 11.1 Å². The SMILES string of the molecule is CC(C)CC(N)COc1cc2c(cc1Cl)-c1ccncc1C(C)O2. The number of pyridine rings is 1. The van der Waals surface area contributed by atoms with Crippen molar-refractivity contribution in [2.24, 2.45) is 11.7 Å². The van der Waals surface area contributed by atoms with Gasteiger partial charge in [-0.15, -0.1) is 0 Å². The van der Waals surface area contributed by atoms with Gasteiger partial charge in [0.15, 0.2) is 0 Å². The smallest absolute Gasteiger partial charge is 0.141 e. The summed E-state index contributed by atoms with van der Waals surface area (Å²) < 4.78 is 11.9. The number of halogens is 1. The van der Waals surface area contributed by atoms with E-state index in [1.807, 2.05) is 31.3 Å². The molecule has 1 aromatic carbocycles. The van der Waals surface area contributed by atoms with Crippen LogP contribution in [0.5, 0.6) is 11.5 Å². The van der Waals surface area contributed by atoms with Crippen molar-refractivity contribution >= 4 is 11.6 Å². The third-order valence-electron chi connectivity index (χ3n) is 4.14. The normalized spacial score (nSPS) is 17.0. The van der Waals surface area contributed by atoms with E-state index in [-0.39, 0.29) is 12.1 Å². The minimum absolute atomic E-state index is 0.0104. The molecule has 2 N–H and O–H groups in total. The van der Waals surface area contributed by atoms with E-state index in [1.54, 1.807) is 6.20 Å². The van der Waals surface area contributed by atoms with Crippen LogP contribution in [-0.4, -0.2) is 17.6 Å². The van der Waals surface area contributed by atoms with Gasteiger partial charge in [-0.1, -0.05) is 25.4 Å². The highest BCUT2D eigenvalue weighted by atomic mass is 35.5. The molecule has 2 atom stereocenters. The van der Waals surface area contributed by atoms with Gasteiger partial charge in [-0.25, -0.2) is 0 Å². The highest BCUT2D eigenvalue weighted by Gasteiger charge is 2.25. The molecule has 1 aliphatic heterocycles. The molecule has 0 saturated carbocycles. The quantitative estimate of drug-likeness (QED) is 0.859. The molecule has 24 heavy (non-hydrogen) atoms. The zero-order valence-corrected chi connectivity index (χ0v) is 15.0. The summed E-state index contributed by atoms with van der Waals surface area (Å²) in [5, 5.41) is 0.561. The Hall–Kier alpha value is -1.78. The lowest BCUT2D eigenvalue weighted by Gasteiger charge is -2.27. The van der Waals surface area contributed by atoms with Crippen LogP contribution in [0.3, 0.4) is 0 Å². The summed E-state index contributed by atoms with van der Waals surface area (Å²) in [6.45, 7) is 6.74. The fourth-order valence-corrected chi connectivity index (χ4v) is 3.27. The van der Waals surface area contributed by atoms with Gasteiger partial charge >= 0.3 is 0 Å². The summed E-state index contributed by atoms with van der Waals surface area (Å²) in [4.78, 5) is 4.18. The molecule has 0 fully saturated rings. The van der Waals surface area contributed by atoms with Crippen LogP contribution in [0.4, 0.5) is 0 Å². The Morgan fingerprint density at radius 2 is 2.12 bits per heavy atom. The van der Waals surface area contributed by atoms with Gasteiger partial charge in [0.2, 0.25) is 0 Å². The Balaban J connectivity index is 1.85. The van der Waals surface area contributed by atoms with E-state index in [0.717, 1.165) is 28.9 Å². The van der Waals surface area contributed by atoms with E-state index >= 15 is 0 Å². The fraction of sp³-hybridized carbons (Fsp3) is 0.421. The maximum atomic E-state index is 6.42. The molecule has 5 heteroatoms. The Morgan fingerprint density at radius 3 is 2.88 bits per heavy atom. The number of aromatic nitrogens is 1. The lowest BCUT2D eigenvalue weighted by Crippen LogP contribution is -2.29. The molecule has 0 amide bonds. The van der Waals surface area contributed by atoms with Gasteiger partial charge in [0.25, 0.3) is 0 Å². The minimum atomic E-state index is -0.0570. The average Bonchev–Trinajstić information content (AvgIpc) is 2.53. The monoisotopic (exact) mass is 346 g/mol. The van der Waals surface area contributed by atoms with Gasteiger partial charge in [-0.2, -0.15) is 0 Å². The van der Waals surface area contributed by atoms with Crippen molar-refractivity contribution in [1.82, 2.24) is 4.98 Å². The van der Waals surface area contributed by atoms with Crippen LogP contribution < -0.4 is 15.2 Å². The van der Waals surface area contributed by atoms with Gasteiger partial charge in [0, 0.05) is 35.6 Å². The number of rotatable bonds is 5. The van der Waals surface area contributed by atoms with Crippen LogP contribution in [0, 0.1) is 5.92 Å². The van der Waals surface area contributed by atoms with Gasteiger partial charge in [-0.3, -0.25) is 4.98 Å². The van der Waals surface area contributed by atoms with Crippen LogP contribution in [0.2, 0.25) is 5.02 Å². The summed E-state index contributed by atoms with van der Waals surface area (Å²) in [7, 11) is 0. The molecule has 1 aliphatic rings. The first-order valence-corrected chi connectivity index (χ1v) is 8.66. The van der Waals surface area contributed by atoms with Gasteiger partial charge in [-0.05, 0) is 37.0 Å². The lowest BCUT2D eigenvalue weighted by molar-refractivity contribution is 0.220. The molecule has 2 aromatic rings. The molecule has 3 rings (SSSR count). The molecule has 0 aliphatic carbocycles. The van der Waals surface area contributed by atoms with Crippen molar-refractivity contribution in [2.45, 2.75) is 39.3 Å². The maximum absolute atomic E-state index is 6.42. The van der Waals surface area contributed by atoms with Crippen molar-refractivity contribution in [1.29, 1.82) is 0 Å². The van der Waals surface area contributed by atoms with E-state index < -0.39 is 0 Å². The molecular weight excluding hydrogens is 324 g/mol. The number of hydrogen-bond donors (Lipinski definition) is 1. The van der Waals surface area contributed by atoms with Crippen molar-refractivity contribution in [2.75, 3.05) is 6.61 Å². The Morgan fingerprint density at radius 1 is 1.33 bits per heavy atom. The molecule has 1 aromatic heterocycles. The molecule has 4 nitrogen and oxygen atoms in total. The largest absolute Gasteiger partial charge is 0.490 e. The number of hydrogen-bond acceptors (Lipinski definition) is 4. The van der Waals surface area contributed by atoms with Crippen LogP contribution >= 0.6 is 11.6 Å².